The first-order valence-corrected chi connectivity index (χ1v) is 6.09. The Morgan fingerprint density at radius 3 is 2.72 bits per heavy atom. The molecule has 0 heterocycles. The highest BCUT2D eigenvalue weighted by Crippen LogP contribution is 2.05. The van der Waals surface area contributed by atoms with E-state index in [4.69, 9.17) is 4.74 Å². The minimum atomic E-state index is -0.641. The summed E-state index contributed by atoms with van der Waals surface area (Å²) in [7, 11) is 1.32. The van der Waals surface area contributed by atoms with Crippen molar-refractivity contribution in [2.24, 2.45) is 0 Å². The van der Waals surface area contributed by atoms with Crippen molar-refractivity contribution in [1.82, 2.24) is 0 Å². The maximum Gasteiger partial charge on any atom is 0.308 e. The van der Waals surface area contributed by atoms with E-state index < -0.39 is 6.10 Å². The van der Waals surface area contributed by atoms with E-state index >= 15 is 0 Å². The lowest BCUT2D eigenvalue weighted by molar-refractivity contribution is -0.142. The van der Waals surface area contributed by atoms with E-state index in [1.54, 1.807) is 0 Å². The summed E-state index contributed by atoms with van der Waals surface area (Å²) in [5.41, 5.74) is 1.13. The van der Waals surface area contributed by atoms with Crippen molar-refractivity contribution in [3.63, 3.8) is 0 Å². The summed E-state index contributed by atoms with van der Waals surface area (Å²) in [6.45, 7) is 1.15. The Bertz CT molecular complexity index is 337. The van der Waals surface area contributed by atoms with Crippen LogP contribution in [0, 0.1) is 0 Å². The van der Waals surface area contributed by atoms with E-state index in [2.05, 4.69) is 4.74 Å². The number of hydrogen-bond acceptors (Lipinski definition) is 4. The molecular weight excluding hydrogens is 232 g/mol. The predicted octanol–water partition coefficient (Wildman–Crippen LogP) is 1.91. The highest BCUT2D eigenvalue weighted by Gasteiger charge is 2.10. The van der Waals surface area contributed by atoms with Gasteiger partial charge in [0.05, 0.1) is 26.2 Å². The van der Waals surface area contributed by atoms with Crippen LogP contribution in [0.2, 0.25) is 0 Å². The van der Waals surface area contributed by atoms with Crippen LogP contribution >= 0.6 is 0 Å². The third-order valence-corrected chi connectivity index (χ3v) is 2.57. The molecule has 0 aliphatic rings. The standard InChI is InChI=1S/C14H20O4/c1-17-14(16)10-13(15)8-5-9-18-11-12-6-3-2-4-7-12/h2-4,6-7,13,15H,5,8-11H2,1H3/t13-/m1/s1. The molecule has 0 unspecified atom stereocenters. The number of hydrogen-bond donors (Lipinski definition) is 1. The number of carbonyl (C=O) groups is 1. The summed E-state index contributed by atoms with van der Waals surface area (Å²) in [5.74, 6) is -0.382. The molecule has 0 aromatic heterocycles. The Morgan fingerprint density at radius 2 is 2.06 bits per heavy atom. The summed E-state index contributed by atoms with van der Waals surface area (Å²) in [6, 6.07) is 9.92. The summed E-state index contributed by atoms with van der Waals surface area (Å²) in [4.78, 5) is 10.9. The van der Waals surface area contributed by atoms with Crippen LogP contribution in [0.4, 0.5) is 0 Å². The summed E-state index contributed by atoms with van der Waals surface area (Å²) < 4.78 is 9.95. The summed E-state index contributed by atoms with van der Waals surface area (Å²) in [5, 5.41) is 9.51. The van der Waals surface area contributed by atoms with Gasteiger partial charge in [0.2, 0.25) is 0 Å². The highest BCUT2D eigenvalue weighted by atomic mass is 16.5. The van der Waals surface area contributed by atoms with Crippen LogP contribution in [0.1, 0.15) is 24.8 Å². The molecule has 4 heteroatoms. The topological polar surface area (TPSA) is 55.8 Å². The molecule has 0 saturated heterocycles. The first-order chi connectivity index (χ1) is 8.72. The molecule has 4 nitrogen and oxygen atoms in total. The number of benzene rings is 1. The van der Waals surface area contributed by atoms with Gasteiger partial charge in [-0.05, 0) is 18.4 Å². The quantitative estimate of drug-likeness (QED) is 0.567. The van der Waals surface area contributed by atoms with Gasteiger partial charge in [-0.1, -0.05) is 30.3 Å². The molecule has 100 valence electrons. The minimum absolute atomic E-state index is 0.0508. The predicted molar refractivity (Wildman–Crippen MR) is 68.0 cm³/mol. The van der Waals surface area contributed by atoms with E-state index in [1.807, 2.05) is 30.3 Å². The van der Waals surface area contributed by atoms with Gasteiger partial charge in [0.15, 0.2) is 0 Å². The number of aliphatic hydroxyl groups is 1. The van der Waals surface area contributed by atoms with Crippen molar-refractivity contribution in [1.29, 1.82) is 0 Å². The second kappa shape index (κ2) is 8.66. The van der Waals surface area contributed by atoms with Crippen LogP contribution in [0.15, 0.2) is 30.3 Å². The molecule has 1 aromatic carbocycles. The minimum Gasteiger partial charge on any atom is -0.469 e. The fourth-order valence-electron chi connectivity index (χ4n) is 1.56. The van der Waals surface area contributed by atoms with Crippen molar-refractivity contribution in [2.75, 3.05) is 13.7 Å². The average molecular weight is 252 g/mol. The molecule has 0 aliphatic carbocycles. The van der Waals surface area contributed by atoms with Gasteiger partial charge >= 0.3 is 5.97 Å². The molecule has 1 aromatic rings. The second-order valence-corrected chi connectivity index (χ2v) is 4.11. The van der Waals surface area contributed by atoms with Crippen LogP contribution in [0.25, 0.3) is 0 Å². The number of aliphatic hydroxyl groups excluding tert-OH is 1. The smallest absolute Gasteiger partial charge is 0.308 e. The van der Waals surface area contributed by atoms with Gasteiger partial charge in [-0.3, -0.25) is 4.79 Å². The fraction of sp³-hybridized carbons (Fsp3) is 0.500. The zero-order valence-corrected chi connectivity index (χ0v) is 10.7. The van der Waals surface area contributed by atoms with Crippen LogP contribution in [0.5, 0.6) is 0 Å². The molecule has 0 radical (unpaired) electrons. The molecule has 0 saturated carbocycles. The van der Waals surface area contributed by atoms with Crippen molar-refractivity contribution in [3.05, 3.63) is 35.9 Å². The van der Waals surface area contributed by atoms with E-state index in [1.165, 1.54) is 7.11 Å². The second-order valence-electron chi connectivity index (χ2n) is 4.11. The first-order valence-electron chi connectivity index (χ1n) is 6.09. The molecule has 0 fully saturated rings. The Morgan fingerprint density at radius 1 is 1.33 bits per heavy atom. The van der Waals surface area contributed by atoms with E-state index in [0.717, 1.165) is 12.0 Å². The van der Waals surface area contributed by atoms with Gasteiger partial charge in [-0.15, -0.1) is 0 Å². The Hall–Kier alpha value is -1.39. The number of methoxy groups -OCH3 is 1. The normalized spacial score (nSPS) is 12.1. The van der Waals surface area contributed by atoms with E-state index in [9.17, 15) is 9.90 Å². The number of esters is 1. The maximum absolute atomic E-state index is 10.9. The highest BCUT2D eigenvalue weighted by molar-refractivity contribution is 5.69. The lowest BCUT2D eigenvalue weighted by Gasteiger charge is -2.09. The van der Waals surface area contributed by atoms with Gasteiger partial charge < -0.3 is 14.6 Å². The third kappa shape index (κ3) is 6.37. The lowest BCUT2D eigenvalue weighted by Crippen LogP contribution is -2.15. The number of carbonyl (C=O) groups excluding carboxylic acids is 1. The molecule has 1 atom stereocenters. The average Bonchev–Trinajstić information content (AvgIpc) is 2.39. The molecule has 0 amide bonds. The van der Waals surface area contributed by atoms with Gasteiger partial charge in [0, 0.05) is 6.61 Å². The monoisotopic (exact) mass is 252 g/mol. The van der Waals surface area contributed by atoms with Crippen LogP contribution in [0.3, 0.4) is 0 Å². The van der Waals surface area contributed by atoms with Gasteiger partial charge in [0.1, 0.15) is 0 Å². The first kappa shape index (κ1) is 14.7. The molecule has 0 aliphatic heterocycles. The number of ether oxygens (including phenoxy) is 2. The van der Waals surface area contributed by atoms with Crippen LogP contribution in [-0.2, 0) is 20.9 Å². The molecule has 0 spiro atoms. The van der Waals surface area contributed by atoms with Crippen LogP contribution < -0.4 is 0 Å². The Labute approximate surface area is 108 Å². The third-order valence-electron chi connectivity index (χ3n) is 2.57. The summed E-state index contributed by atoms with van der Waals surface area (Å²) in [6.07, 6.45) is 0.683. The molecule has 1 N–H and O–H groups in total. The molecular formula is C14H20O4. The summed E-state index contributed by atoms with van der Waals surface area (Å²) >= 11 is 0. The van der Waals surface area contributed by atoms with E-state index in [-0.39, 0.29) is 12.4 Å². The van der Waals surface area contributed by atoms with Crippen molar-refractivity contribution in [3.8, 4) is 0 Å². The Balaban J connectivity index is 2.03. The number of rotatable bonds is 8. The lowest BCUT2D eigenvalue weighted by atomic mass is 10.1. The molecule has 18 heavy (non-hydrogen) atoms. The van der Waals surface area contributed by atoms with Crippen LogP contribution in [-0.4, -0.2) is 30.9 Å². The van der Waals surface area contributed by atoms with E-state index in [0.29, 0.717) is 19.6 Å². The fourth-order valence-corrected chi connectivity index (χ4v) is 1.56. The SMILES string of the molecule is COC(=O)C[C@H](O)CCCOCc1ccccc1. The zero-order chi connectivity index (χ0) is 13.2. The van der Waals surface area contributed by atoms with Gasteiger partial charge in [0.25, 0.3) is 0 Å². The molecule has 1 rings (SSSR count). The van der Waals surface area contributed by atoms with Crippen molar-refractivity contribution >= 4 is 5.97 Å². The largest absolute Gasteiger partial charge is 0.469 e. The van der Waals surface area contributed by atoms with Gasteiger partial charge in [-0.25, -0.2) is 0 Å². The Kier molecular flexibility index (Phi) is 7.06. The van der Waals surface area contributed by atoms with Crippen molar-refractivity contribution < 1.29 is 19.4 Å². The maximum atomic E-state index is 10.9. The van der Waals surface area contributed by atoms with Gasteiger partial charge in [-0.2, -0.15) is 0 Å². The zero-order valence-electron chi connectivity index (χ0n) is 10.7. The van der Waals surface area contributed by atoms with Crippen molar-refractivity contribution in [2.45, 2.75) is 32.0 Å². The molecule has 0 bridgehead atoms.